The average molecular weight is 500 g/mol. The Morgan fingerprint density at radius 3 is 2.14 bits per heavy atom. The summed E-state index contributed by atoms with van der Waals surface area (Å²) < 4.78 is 16.1. The fourth-order valence-electron chi connectivity index (χ4n) is 5.25. The van der Waals surface area contributed by atoms with Gasteiger partial charge in [-0.05, 0) is 12.1 Å². The van der Waals surface area contributed by atoms with Crippen molar-refractivity contribution in [1.29, 1.82) is 0 Å². The van der Waals surface area contributed by atoms with Crippen LogP contribution in [0.3, 0.4) is 0 Å². The Balaban J connectivity index is 1.72. The summed E-state index contributed by atoms with van der Waals surface area (Å²) in [4.78, 5) is 35.9. The van der Waals surface area contributed by atoms with Gasteiger partial charge in [-0.25, -0.2) is 14.2 Å². The van der Waals surface area contributed by atoms with Crippen molar-refractivity contribution in [2.24, 2.45) is 4.99 Å². The Labute approximate surface area is 210 Å². The van der Waals surface area contributed by atoms with Gasteiger partial charge in [0, 0.05) is 30.8 Å². The highest BCUT2D eigenvalue weighted by atomic mass is 32.1. The molecule has 180 valence electrons. The molecule has 0 bridgehead atoms. The second-order valence-corrected chi connectivity index (χ2v) is 9.80. The van der Waals surface area contributed by atoms with E-state index in [-0.39, 0.29) is 11.6 Å². The zero-order chi connectivity index (χ0) is 25.1. The van der Waals surface area contributed by atoms with E-state index in [0.29, 0.717) is 14.9 Å². The summed E-state index contributed by atoms with van der Waals surface area (Å²) in [6.45, 7) is 0. The second-order valence-electron chi connectivity index (χ2n) is 8.79. The fourth-order valence-corrected chi connectivity index (χ4v) is 6.21. The van der Waals surface area contributed by atoms with Crippen molar-refractivity contribution in [2.45, 2.75) is 11.3 Å². The van der Waals surface area contributed by atoms with Gasteiger partial charge < -0.3 is 0 Å². The molecule has 0 aliphatic carbocycles. The maximum atomic E-state index is 14.4. The number of aromatic nitrogens is 1. The predicted octanol–water partition coefficient (Wildman–Crippen LogP) is 2.76. The molecule has 0 saturated carbocycles. The number of amides is 2. The Kier molecular flexibility index (Phi) is 4.87. The van der Waals surface area contributed by atoms with Crippen LogP contribution in [0.15, 0.2) is 94.7 Å². The Bertz CT molecular complexity index is 1670. The number of hydrogen-bond donors (Lipinski definition) is 1. The normalized spacial score (nSPS) is 23.2. The van der Waals surface area contributed by atoms with Gasteiger partial charge in [0.05, 0.1) is 4.53 Å². The lowest BCUT2D eigenvalue weighted by atomic mass is 9.80. The predicted molar refractivity (Wildman–Crippen MR) is 136 cm³/mol. The van der Waals surface area contributed by atoms with E-state index in [2.05, 4.69) is 5.43 Å². The third-order valence-corrected chi connectivity index (χ3v) is 7.93. The second kappa shape index (κ2) is 7.89. The maximum Gasteiger partial charge on any atom is 0.324 e. The van der Waals surface area contributed by atoms with E-state index in [1.54, 1.807) is 42.1 Å². The molecule has 3 aromatic carbocycles. The van der Waals surface area contributed by atoms with Crippen molar-refractivity contribution < 1.29 is 9.18 Å². The van der Waals surface area contributed by atoms with Crippen LogP contribution in [0.4, 0.5) is 9.18 Å². The van der Waals surface area contributed by atoms with E-state index in [4.69, 9.17) is 4.99 Å². The number of halogens is 1. The molecule has 9 heteroatoms. The molecule has 3 heterocycles. The van der Waals surface area contributed by atoms with Crippen molar-refractivity contribution in [2.75, 3.05) is 19.5 Å². The number of carbonyl (C=O) groups excluding carboxylic acids is 1. The minimum Gasteiger partial charge on any atom is -0.295 e. The quantitative estimate of drug-likeness (QED) is 0.471. The number of benzene rings is 3. The minimum absolute atomic E-state index is 0.250. The minimum atomic E-state index is -1.24. The number of thiazole rings is 1. The van der Waals surface area contributed by atoms with Gasteiger partial charge in [0.25, 0.3) is 5.56 Å². The smallest absolute Gasteiger partial charge is 0.295 e. The van der Waals surface area contributed by atoms with Crippen molar-refractivity contribution in [3.8, 4) is 0 Å². The number of nitrogens with one attached hydrogen (secondary N) is 1. The van der Waals surface area contributed by atoms with E-state index >= 15 is 0 Å². The lowest BCUT2D eigenvalue weighted by Gasteiger charge is -2.49. The highest BCUT2D eigenvalue weighted by Gasteiger charge is 2.69. The molecular formula is C27H22FN5O2S. The summed E-state index contributed by atoms with van der Waals surface area (Å²) in [5, 5.41) is 0. The van der Waals surface area contributed by atoms with Crippen molar-refractivity contribution in [3.63, 3.8) is 0 Å². The standard InChI is InChI=1S/C27H22FN5O2S/c1-31-25(35)32(2)27(20-14-7-4-8-15-20)26(31,19-12-5-3-6-13-19)29-24-33(30-27)23(34)22(36-24)17-18-11-9-10-16-21(18)28/h3-17,30H,1-2H3. The van der Waals surface area contributed by atoms with E-state index in [9.17, 15) is 14.0 Å². The number of nitrogens with zero attached hydrogens (tertiary/aromatic N) is 4. The molecule has 1 N–H and O–H groups in total. The molecule has 6 rings (SSSR count). The van der Waals surface area contributed by atoms with Crippen molar-refractivity contribution in [3.05, 3.63) is 127 Å². The molecule has 2 amide bonds. The van der Waals surface area contributed by atoms with Gasteiger partial charge in [-0.1, -0.05) is 90.2 Å². The van der Waals surface area contributed by atoms with Gasteiger partial charge in [-0.2, -0.15) is 4.68 Å². The van der Waals surface area contributed by atoms with Gasteiger partial charge in [0.15, 0.2) is 0 Å². The number of likely N-dealkylation sites (N-methyl/N-ethyl adjacent to an activating group) is 2. The third-order valence-electron chi connectivity index (χ3n) is 6.96. The van der Waals surface area contributed by atoms with Gasteiger partial charge in [-0.3, -0.25) is 20.0 Å². The van der Waals surface area contributed by atoms with Gasteiger partial charge in [-0.15, -0.1) is 0 Å². The Morgan fingerprint density at radius 1 is 0.861 bits per heavy atom. The van der Waals surface area contributed by atoms with Crippen LogP contribution in [0.25, 0.3) is 6.08 Å². The lowest BCUT2D eigenvalue weighted by Crippen LogP contribution is -2.67. The third kappa shape index (κ3) is 2.80. The van der Waals surface area contributed by atoms with Crippen LogP contribution in [0.2, 0.25) is 0 Å². The summed E-state index contributed by atoms with van der Waals surface area (Å²) in [6.07, 6.45) is 1.53. The van der Waals surface area contributed by atoms with E-state index < -0.39 is 17.1 Å². The lowest BCUT2D eigenvalue weighted by molar-refractivity contribution is 0.0648. The van der Waals surface area contributed by atoms with E-state index in [1.165, 1.54) is 16.8 Å². The molecule has 1 fully saturated rings. The molecule has 36 heavy (non-hydrogen) atoms. The molecule has 2 atom stereocenters. The van der Waals surface area contributed by atoms with Crippen LogP contribution in [0.5, 0.6) is 0 Å². The Hall–Kier alpha value is -4.24. The summed E-state index contributed by atoms with van der Waals surface area (Å²) >= 11 is 1.15. The fraction of sp³-hybridized carbons (Fsp3) is 0.148. The number of fused-ring (bicyclic) bond motifs is 2. The van der Waals surface area contributed by atoms with Crippen molar-refractivity contribution in [1.82, 2.24) is 14.5 Å². The summed E-state index contributed by atoms with van der Waals surface area (Å²) in [5.74, 6) is -0.415. The zero-order valence-electron chi connectivity index (χ0n) is 19.6. The van der Waals surface area contributed by atoms with Gasteiger partial charge in [0.1, 0.15) is 5.82 Å². The van der Waals surface area contributed by atoms with Crippen LogP contribution in [0.1, 0.15) is 16.7 Å². The van der Waals surface area contributed by atoms with E-state index in [0.717, 1.165) is 22.5 Å². The number of hydrogen-bond acceptors (Lipinski definition) is 5. The first kappa shape index (κ1) is 22.2. The molecule has 4 aromatic rings. The number of rotatable bonds is 3. The first-order chi connectivity index (χ1) is 17.4. The van der Waals surface area contributed by atoms with Crippen LogP contribution >= 0.6 is 11.3 Å². The first-order valence-electron chi connectivity index (χ1n) is 11.4. The molecular weight excluding hydrogens is 477 g/mol. The largest absolute Gasteiger partial charge is 0.324 e. The topological polar surface area (TPSA) is 69.9 Å². The highest BCUT2D eigenvalue weighted by Crippen LogP contribution is 2.53. The SMILES string of the molecule is CN1C(=O)N(C)C2(c3ccccc3)Nn3c(sc(=Cc4ccccc4F)c3=O)=NC12c1ccccc1. The zero-order valence-corrected chi connectivity index (χ0v) is 20.4. The Morgan fingerprint density at radius 2 is 1.47 bits per heavy atom. The molecule has 2 unspecified atom stereocenters. The maximum absolute atomic E-state index is 14.4. The van der Waals surface area contributed by atoms with Crippen LogP contribution in [-0.4, -0.2) is 34.6 Å². The molecule has 1 aromatic heterocycles. The van der Waals surface area contributed by atoms with Gasteiger partial charge >= 0.3 is 6.03 Å². The molecule has 7 nitrogen and oxygen atoms in total. The molecule has 0 radical (unpaired) electrons. The highest BCUT2D eigenvalue weighted by molar-refractivity contribution is 7.07. The van der Waals surface area contributed by atoms with E-state index in [1.807, 2.05) is 60.7 Å². The summed E-state index contributed by atoms with van der Waals surface area (Å²) in [6, 6.07) is 25.1. The molecule has 1 saturated heterocycles. The average Bonchev–Trinajstić information content (AvgIpc) is 3.30. The van der Waals surface area contributed by atoms with Crippen LogP contribution < -0.4 is 20.3 Å². The number of urea groups is 1. The van der Waals surface area contributed by atoms with Crippen LogP contribution in [-0.2, 0) is 11.3 Å². The number of carbonyl (C=O) groups is 1. The summed E-state index contributed by atoms with van der Waals surface area (Å²) in [5.41, 5.74) is 2.43. The van der Waals surface area contributed by atoms with Crippen LogP contribution in [0, 0.1) is 5.82 Å². The van der Waals surface area contributed by atoms with Gasteiger partial charge in [0.2, 0.25) is 16.1 Å². The first-order valence-corrected chi connectivity index (χ1v) is 12.2. The van der Waals surface area contributed by atoms with Crippen molar-refractivity contribution >= 4 is 23.4 Å². The monoisotopic (exact) mass is 499 g/mol. The molecule has 2 aliphatic rings. The summed E-state index contributed by atoms with van der Waals surface area (Å²) in [7, 11) is 3.42. The molecule has 0 spiro atoms. The molecule has 2 aliphatic heterocycles.